The van der Waals surface area contributed by atoms with Crippen LogP contribution in [0.1, 0.15) is 43.6 Å². The van der Waals surface area contributed by atoms with Crippen molar-refractivity contribution in [3.05, 3.63) is 41.9 Å². The van der Waals surface area contributed by atoms with Gasteiger partial charge in [0.25, 0.3) is 0 Å². The van der Waals surface area contributed by atoms with E-state index in [4.69, 9.17) is 19.8 Å². The van der Waals surface area contributed by atoms with Crippen molar-refractivity contribution in [2.75, 3.05) is 38.2 Å². The maximum absolute atomic E-state index is 13.0. The number of methoxy groups -OCH3 is 1. The molecule has 1 saturated carbocycles. The number of rotatable bonds is 5. The second kappa shape index (κ2) is 9.47. The van der Waals surface area contributed by atoms with Crippen molar-refractivity contribution in [1.82, 2.24) is 24.6 Å². The van der Waals surface area contributed by atoms with Crippen LogP contribution >= 0.6 is 0 Å². The molecule has 1 aromatic carbocycles. The van der Waals surface area contributed by atoms with Gasteiger partial charge in [0.1, 0.15) is 12.4 Å². The maximum atomic E-state index is 13.0. The van der Waals surface area contributed by atoms with E-state index in [1.807, 2.05) is 41.9 Å². The highest BCUT2D eigenvalue weighted by atomic mass is 16.5. The fourth-order valence-corrected chi connectivity index (χ4v) is 5.16. The first-order valence-electron chi connectivity index (χ1n) is 12.0. The molecule has 1 amide bonds. The highest BCUT2D eigenvalue weighted by Gasteiger charge is 2.29. The Balaban J connectivity index is 1.49. The minimum atomic E-state index is 0.224. The summed E-state index contributed by atoms with van der Waals surface area (Å²) in [6.07, 6.45) is 5.38. The monoisotopic (exact) mass is 448 g/mol. The molecular formula is C25H32N6O2. The molecule has 2 fully saturated rings. The second-order valence-electron chi connectivity index (χ2n) is 9.08. The summed E-state index contributed by atoms with van der Waals surface area (Å²) in [5.74, 6) is 2.10. The van der Waals surface area contributed by atoms with Gasteiger partial charge in [-0.15, -0.1) is 0 Å². The quantitative estimate of drug-likeness (QED) is 0.595. The van der Waals surface area contributed by atoms with Gasteiger partial charge in [-0.05, 0) is 38.3 Å². The molecule has 1 aliphatic heterocycles. The van der Waals surface area contributed by atoms with E-state index in [0.29, 0.717) is 18.3 Å². The number of hydrogen-bond donors (Lipinski definition) is 0. The number of carbonyl (C=O) groups is 1. The molecule has 8 nitrogen and oxygen atoms in total. The van der Waals surface area contributed by atoms with Gasteiger partial charge in [0, 0.05) is 39.2 Å². The van der Waals surface area contributed by atoms with Crippen LogP contribution in [0.15, 0.2) is 30.3 Å². The molecule has 33 heavy (non-hydrogen) atoms. The third kappa shape index (κ3) is 4.31. The van der Waals surface area contributed by atoms with Gasteiger partial charge in [-0.2, -0.15) is 5.10 Å². The van der Waals surface area contributed by atoms with E-state index in [-0.39, 0.29) is 5.92 Å². The van der Waals surface area contributed by atoms with Crippen molar-refractivity contribution in [3.8, 4) is 5.69 Å². The van der Waals surface area contributed by atoms with Crippen LogP contribution in [0.25, 0.3) is 16.7 Å². The van der Waals surface area contributed by atoms with Gasteiger partial charge in [-0.1, -0.05) is 31.0 Å². The first kappa shape index (κ1) is 21.8. The van der Waals surface area contributed by atoms with Crippen LogP contribution in [0.3, 0.4) is 0 Å². The molecule has 1 aliphatic carbocycles. The number of benzene rings is 1. The Morgan fingerprint density at radius 1 is 1.03 bits per heavy atom. The van der Waals surface area contributed by atoms with Crippen molar-refractivity contribution in [2.45, 2.75) is 45.6 Å². The largest absolute Gasteiger partial charge is 0.377 e. The van der Waals surface area contributed by atoms with E-state index in [1.165, 1.54) is 12.8 Å². The Morgan fingerprint density at radius 2 is 1.82 bits per heavy atom. The number of nitrogens with zero attached hydrogens (tertiary/aromatic N) is 6. The van der Waals surface area contributed by atoms with Gasteiger partial charge >= 0.3 is 0 Å². The smallest absolute Gasteiger partial charge is 0.225 e. The van der Waals surface area contributed by atoms with Crippen molar-refractivity contribution >= 4 is 22.8 Å². The van der Waals surface area contributed by atoms with Gasteiger partial charge < -0.3 is 14.5 Å². The molecule has 2 aromatic heterocycles. The molecule has 1 saturated heterocycles. The average Bonchev–Trinajstić information content (AvgIpc) is 3.41. The summed E-state index contributed by atoms with van der Waals surface area (Å²) in [5.41, 5.74) is 2.66. The van der Waals surface area contributed by atoms with Gasteiger partial charge in [0.05, 0.1) is 16.8 Å². The van der Waals surface area contributed by atoms with Crippen molar-refractivity contribution in [1.29, 1.82) is 0 Å². The lowest BCUT2D eigenvalue weighted by Gasteiger charge is -2.25. The van der Waals surface area contributed by atoms with E-state index in [1.54, 1.807) is 7.11 Å². The fraction of sp³-hybridized carbons (Fsp3) is 0.520. The molecule has 2 aliphatic rings. The third-order valence-electron chi connectivity index (χ3n) is 6.82. The number of hydrogen-bond acceptors (Lipinski definition) is 6. The van der Waals surface area contributed by atoms with Crippen LogP contribution in [0.4, 0.5) is 5.82 Å². The lowest BCUT2D eigenvalue weighted by atomic mass is 10.1. The van der Waals surface area contributed by atoms with Gasteiger partial charge in [-0.25, -0.2) is 14.6 Å². The molecule has 5 rings (SSSR count). The number of ether oxygens (including phenoxy) is 1. The second-order valence-corrected chi connectivity index (χ2v) is 9.08. The first-order valence-corrected chi connectivity index (χ1v) is 12.0. The molecular weight excluding hydrogens is 416 g/mol. The van der Waals surface area contributed by atoms with Crippen LogP contribution in [0.2, 0.25) is 0 Å². The SMILES string of the molecule is COCc1nc(N2CCCN(C(=O)C3CCCC3)CC2)c2c(C)nn(-c3ccccc3)c2n1. The number of aryl methyl sites for hydroxylation is 1. The lowest BCUT2D eigenvalue weighted by molar-refractivity contribution is -0.135. The van der Waals surface area contributed by atoms with Crippen molar-refractivity contribution in [3.63, 3.8) is 0 Å². The number of fused-ring (bicyclic) bond motifs is 1. The summed E-state index contributed by atoms with van der Waals surface area (Å²) in [6.45, 7) is 5.50. The van der Waals surface area contributed by atoms with E-state index in [0.717, 1.165) is 73.7 Å². The number of anilines is 1. The highest BCUT2D eigenvalue weighted by Crippen LogP contribution is 2.31. The van der Waals surface area contributed by atoms with Gasteiger partial charge in [-0.3, -0.25) is 4.79 Å². The first-order chi connectivity index (χ1) is 16.2. The van der Waals surface area contributed by atoms with E-state index < -0.39 is 0 Å². The molecule has 0 bridgehead atoms. The van der Waals surface area contributed by atoms with Crippen LogP contribution in [0, 0.1) is 12.8 Å². The minimum absolute atomic E-state index is 0.224. The third-order valence-corrected chi connectivity index (χ3v) is 6.82. The van der Waals surface area contributed by atoms with Crippen LogP contribution in [0.5, 0.6) is 0 Å². The zero-order chi connectivity index (χ0) is 22.8. The zero-order valence-electron chi connectivity index (χ0n) is 19.5. The summed E-state index contributed by atoms with van der Waals surface area (Å²) in [7, 11) is 1.66. The molecule has 0 N–H and O–H groups in total. The molecule has 0 radical (unpaired) electrons. The predicted octanol–water partition coefficient (Wildman–Crippen LogP) is 3.50. The molecule has 0 spiro atoms. The summed E-state index contributed by atoms with van der Waals surface area (Å²) in [6, 6.07) is 10.1. The summed E-state index contributed by atoms with van der Waals surface area (Å²) in [5, 5.41) is 5.78. The summed E-state index contributed by atoms with van der Waals surface area (Å²) >= 11 is 0. The molecule has 0 atom stereocenters. The Kier molecular flexibility index (Phi) is 6.26. The van der Waals surface area contributed by atoms with Crippen LogP contribution < -0.4 is 4.90 Å². The minimum Gasteiger partial charge on any atom is -0.377 e. The fourth-order valence-electron chi connectivity index (χ4n) is 5.16. The standard InChI is InChI=1S/C25H32N6O2/c1-18-22-23(29-13-8-14-30(16-15-29)25(32)19-9-6-7-10-19)26-21(17-33-2)27-24(22)31(28-18)20-11-4-3-5-12-20/h3-5,11-12,19H,6-10,13-17H2,1-2H3. The van der Waals surface area contributed by atoms with Crippen LogP contribution in [-0.4, -0.2) is 63.8 Å². The normalized spacial score (nSPS) is 17.6. The van der Waals surface area contributed by atoms with E-state index in [2.05, 4.69) is 9.80 Å². The molecule has 0 unspecified atom stereocenters. The highest BCUT2D eigenvalue weighted by molar-refractivity contribution is 5.91. The van der Waals surface area contributed by atoms with E-state index >= 15 is 0 Å². The van der Waals surface area contributed by atoms with Gasteiger partial charge in [0.15, 0.2) is 11.5 Å². The molecule has 3 heterocycles. The molecule has 174 valence electrons. The number of para-hydroxylation sites is 1. The number of aromatic nitrogens is 4. The van der Waals surface area contributed by atoms with Crippen molar-refractivity contribution < 1.29 is 9.53 Å². The Bertz CT molecular complexity index is 1120. The topological polar surface area (TPSA) is 76.4 Å². The average molecular weight is 449 g/mol. The summed E-state index contributed by atoms with van der Waals surface area (Å²) < 4.78 is 7.27. The van der Waals surface area contributed by atoms with E-state index in [9.17, 15) is 4.79 Å². The molecule has 8 heteroatoms. The Morgan fingerprint density at radius 3 is 2.58 bits per heavy atom. The number of carbonyl (C=O) groups excluding carboxylic acids is 1. The number of amides is 1. The maximum Gasteiger partial charge on any atom is 0.225 e. The predicted molar refractivity (Wildman–Crippen MR) is 127 cm³/mol. The molecule has 3 aromatic rings. The zero-order valence-corrected chi connectivity index (χ0v) is 19.5. The lowest BCUT2D eigenvalue weighted by Crippen LogP contribution is -2.38. The Labute approximate surface area is 194 Å². The van der Waals surface area contributed by atoms with Gasteiger partial charge in [0.2, 0.25) is 5.91 Å². The van der Waals surface area contributed by atoms with Crippen molar-refractivity contribution in [2.24, 2.45) is 5.92 Å². The Hall–Kier alpha value is -3.00. The summed E-state index contributed by atoms with van der Waals surface area (Å²) in [4.78, 5) is 27.1. The van der Waals surface area contributed by atoms with Crippen LogP contribution in [-0.2, 0) is 16.1 Å².